The Bertz CT molecular complexity index is 659. The molecule has 0 spiro atoms. The van der Waals surface area contributed by atoms with Gasteiger partial charge in [-0.25, -0.2) is 9.98 Å². The van der Waals surface area contributed by atoms with Crippen LogP contribution in [0.5, 0.6) is 5.88 Å². The van der Waals surface area contributed by atoms with Gasteiger partial charge in [0, 0.05) is 11.8 Å². The first-order chi connectivity index (χ1) is 10.6. The Labute approximate surface area is 154 Å². The summed E-state index contributed by atoms with van der Waals surface area (Å²) in [4.78, 5) is 8.60. The summed E-state index contributed by atoms with van der Waals surface area (Å²) in [7, 11) is 1.59. The maximum absolute atomic E-state index is 5.93. The minimum absolute atomic E-state index is 0. The zero-order valence-corrected chi connectivity index (χ0v) is 15.9. The van der Waals surface area contributed by atoms with Crippen LogP contribution in [0.2, 0.25) is 0 Å². The average Bonchev–Trinajstić information content (AvgIpc) is 2.53. The molecule has 1 heterocycles. The van der Waals surface area contributed by atoms with Crippen LogP contribution in [0, 0.1) is 0 Å². The summed E-state index contributed by atoms with van der Waals surface area (Å²) in [6, 6.07) is 13.7. The summed E-state index contributed by atoms with van der Waals surface area (Å²) >= 11 is 0. The van der Waals surface area contributed by atoms with Gasteiger partial charge in [0.05, 0.1) is 19.3 Å². The Hall–Kier alpha value is -1.83. The smallest absolute Gasteiger partial charge is 0.213 e. The molecule has 0 amide bonds. The minimum Gasteiger partial charge on any atom is -0.481 e. The summed E-state index contributed by atoms with van der Waals surface area (Å²) in [6.07, 6.45) is 0. The average molecular weight is 426 g/mol. The summed E-state index contributed by atoms with van der Waals surface area (Å²) < 4.78 is 5.09. The molecule has 0 bridgehead atoms. The number of methoxy groups -OCH3 is 1. The van der Waals surface area contributed by atoms with Gasteiger partial charge in [-0.05, 0) is 29.7 Å². The van der Waals surface area contributed by atoms with Gasteiger partial charge < -0.3 is 15.8 Å². The molecule has 0 aliphatic heterocycles. The molecule has 0 aliphatic carbocycles. The van der Waals surface area contributed by atoms with Crippen molar-refractivity contribution < 1.29 is 4.74 Å². The molecule has 1 aromatic heterocycles. The molecular formula is C17H23IN4O. The molecule has 2 aromatic rings. The molecule has 5 nitrogen and oxygen atoms in total. The number of hydrogen-bond donors (Lipinski definition) is 2. The van der Waals surface area contributed by atoms with Gasteiger partial charge in [0.15, 0.2) is 5.96 Å². The monoisotopic (exact) mass is 426 g/mol. The van der Waals surface area contributed by atoms with Crippen LogP contribution in [0.25, 0.3) is 0 Å². The van der Waals surface area contributed by atoms with E-state index in [0.29, 0.717) is 24.3 Å². The lowest BCUT2D eigenvalue weighted by molar-refractivity contribution is 0.396. The lowest BCUT2D eigenvalue weighted by atomic mass is 10.0. The molecule has 0 radical (unpaired) electrons. The lowest BCUT2D eigenvalue weighted by Gasteiger charge is -2.10. The number of aliphatic imine (C=N–C) groups is 1. The summed E-state index contributed by atoms with van der Waals surface area (Å²) in [5.41, 5.74) is 8.93. The number of nitrogens with two attached hydrogens (primary N) is 1. The van der Waals surface area contributed by atoms with Crippen molar-refractivity contribution in [2.75, 3.05) is 12.4 Å². The highest BCUT2D eigenvalue weighted by molar-refractivity contribution is 14.0. The zero-order chi connectivity index (χ0) is 15.9. The Morgan fingerprint density at radius 2 is 2.00 bits per heavy atom. The van der Waals surface area contributed by atoms with Crippen molar-refractivity contribution in [1.82, 2.24) is 4.98 Å². The quantitative estimate of drug-likeness (QED) is 0.434. The molecule has 0 fully saturated rings. The number of ether oxygens (including phenoxy) is 1. The SMILES string of the molecule is COc1cccc(CN=C(N)Nc2cccc(C(C)C)c2)n1.I. The van der Waals surface area contributed by atoms with Gasteiger partial charge in [-0.2, -0.15) is 0 Å². The van der Waals surface area contributed by atoms with Crippen LogP contribution >= 0.6 is 24.0 Å². The van der Waals surface area contributed by atoms with Crippen molar-refractivity contribution in [3.05, 3.63) is 53.7 Å². The van der Waals surface area contributed by atoms with E-state index in [9.17, 15) is 0 Å². The maximum Gasteiger partial charge on any atom is 0.213 e. The number of rotatable bonds is 5. The number of nitrogens with one attached hydrogen (secondary N) is 1. The van der Waals surface area contributed by atoms with Crippen molar-refractivity contribution in [2.24, 2.45) is 10.7 Å². The number of benzene rings is 1. The van der Waals surface area contributed by atoms with Crippen molar-refractivity contribution in [2.45, 2.75) is 26.3 Å². The number of hydrogen-bond acceptors (Lipinski definition) is 3. The first kappa shape index (κ1) is 19.2. The molecule has 0 atom stereocenters. The van der Waals surface area contributed by atoms with Crippen LogP contribution in [0.3, 0.4) is 0 Å². The highest BCUT2D eigenvalue weighted by Gasteiger charge is 2.02. The number of guanidine groups is 1. The van der Waals surface area contributed by atoms with E-state index in [1.54, 1.807) is 13.2 Å². The fourth-order valence-corrected chi connectivity index (χ4v) is 1.99. The van der Waals surface area contributed by atoms with E-state index in [2.05, 4.69) is 41.3 Å². The molecule has 3 N–H and O–H groups in total. The normalized spacial score (nSPS) is 11.0. The second-order valence-corrected chi connectivity index (χ2v) is 5.28. The third kappa shape index (κ3) is 6.05. The van der Waals surface area contributed by atoms with Crippen molar-refractivity contribution in [3.8, 4) is 5.88 Å². The lowest BCUT2D eigenvalue weighted by Crippen LogP contribution is -2.22. The van der Waals surface area contributed by atoms with Crippen LogP contribution in [-0.2, 0) is 6.54 Å². The van der Waals surface area contributed by atoms with E-state index in [1.165, 1.54) is 5.56 Å². The molecule has 23 heavy (non-hydrogen) atoms. The first-order valence-corrected chi connectivity index (χ1v) is 7.25. The van der Waals surface area contributed by atoms with Crippen molar-refractivity contribution in [3.63, 3.8) is 0 Å². The fraction of sp³-hybridized carbons (Fsp3) is 0.294. The summed E-state index contributed by atoms with van der Waals surface area (Å²) in [5, 5.41) is 3.10. The topological polar surface area (TPSA) is 72.5 Å². The zero-order valence-electron chi connectivity index (χ0n) is 13.6. The predicted molar refractivity (Wildman–Crippen MR) is 106 cm³/mol. The largest absolute Gasteiger partial charge is 0.481 e. The van der Waals surface area contributed by atoms with Crippen LogP contribution < -0.4 is 15.8 Å². The molecule has 0 saturated carbocycles. The molecule has 6 heteroatoms. The van der Waals surface area contributed by atoms with Gasteiger partial charge in [-0.3, -0.25) is 0 Å². The van der Waals surface area contributed by atoms with Gasteiger partial charge in [-0.1, -0.05) is 32.0 Å². The Morgan fingerprint density at radius 1 is 1.26 bits per heavy atom. The van der Waals surface area contributed by atoms with Crippen LogP contribution in [0.1, 0.15) is 31.0 Å². The molecule has 124 valence electrons. The molecule has 2 rings (SSSR count). The van der Waals surface area contributed by atoms with Gasteiger partial charge in [-0.15, -0.1) is 24.0 Å². The molecule has 1 aromatic carbocycles. The third-order valence-electron chi connectivity index (χ3n) is 3.23. The van der Waals surface area contributed by atoms with E-state index in [4.69, 9.17) is 10.5 Å². The number of anilines is 1. The summed E-state index contributed by atoms with van der Waals surface area (Å²) in [6.45, 7) is 4.72. The van der Waals surface area contributed by atoms with E-state index in [-0.39, 0.29) is 24.0 Å². The fourth-order valence-electron chi connectivity index (χ4n) is 1.99. The van der Waals surface area contributed by atoms with Gasteiger partial charge >= 0.3 is 0 Å². The van der Waals surface area contributed by atoms with Gasteiger partial charge in [0.2, 0.25) is 5.88 Å². The van der Waals surface area contributed by atoms with Crippen LogP contribution in [0.15, 0.2) is 47.5 Å². The highest BCUT2D eigenvalue weighted by atomic mass is 127. The van der Waals surface area contributed by atoms with Crippen molar-refractivity contribution in [1.29, 1.82) is 0 Å². The number of aromatic nitrogens is 1. The van der Waals surface area contributed by atoms with E-state index in [1.807, 2.05) is 24.3 Å². The first-order valence-electron chi connectivity index (χ1n) is 7.25. The van der Waals surface area contributed by atoms with E-state index < -0.39 is 0 Å². The van der Waals surface area contributed by atoms with Crippen molar-refractivity contribution >= 4 is 35.6 Å². The third-order valence-corrected chi connectivity index (χ3v) is 3.23. The van der Waals surface area contributed by atoms with Crippen LogP contribution in [-0.4, -0.2) is 18.1 Å². The Kier molecular flexibility index (Phi) is 7.80. The molecular weight excluding hydrogens is 403 g/mol. The number of nitrogens with zero attached hydrogens (tertiary/aromatic N) is 2. The second kappa shape index (κ2) is 9.34. The van der Waals surface area contributed by atoms with Crippen LogP contribution in [0.4, 0.5) is 5.69 Å². The minimum atomic E-state index is 0. The van der Waals surface area contributed by atoms with Gasteiger partial charge in [0.1, 0.15) is 0 Å². The molecule has 0 aliphatic rings. The van der Waals surface area contributed by atoms with E-state index in [0.717, 1.165) is 11.4 Å². The highest BCUT2D eigenvalue weighted by Crippen LogP contribution is 2.18. The molecule has 0 saturated heterocycles. The Balaban J connectivity index is 0.00000264. The number of halogens is 1. The predicted octanol–water partition coefficient (Wildman–Crippen LogP) is 3.76. The Morgan fingerprint density at radius 3 is 2.70 bits per heavy atom. The standard InChI is InChI=1S/C17H22N4O.HI/c1-12(2)13-6-4-7-14(10-13)21-17(18)19-11-15-8-5-9-16(20-15)22-3;/h4-10,12H,11H2,1-3H3,(H3,18,19,21);1H. The number of pyridine rings is 1. The summed E-state index contributed by atoms with van der Waals surface area (Å²) in [5.74, 6) is 1.41. The maximum atomic E-state index is 5.93. The molecule has 0 unspecified atom stereocenters. The van der Waals surface area contributed by atoms with E-state index >= 15 is 0 Å². The second-order valence-electron chi connectivity index (χ2n) is 5.28. The van der Waals surface area contributed by atoms with Gasteiger partial charge in [0.25, 0.3) is 0 Å².